The number of amides is 2. The number of piperidine rings is 1. The first-order valence-electron chi connectivity index (χ1n) is 7.48. The molecule has 0 aliphatic carbocycles. The Labute approximate surface area is 124 Å². The van der Waals surface area contributed by atoms with E-state index in [4.69, 9.17) is 4.74 Å². The van der Waals surface area contributed by atoms with Crippen molar-refractivity contribution in [3.05, 3.63) is 18.5 Å². The Bertz CT molecular complexity index is 464. The van der Waals surface area contributed by atoms with Crippen molar-refractivity contribution in [3.8, 4) is 0 Å². The van der Waals surface area contributed by atoms with Crippen LogP contribution in [0.1, 0.15) is 12.8 Å². The van der Waals surface area contributed by atoms with Crippen LogP contribution in [-0.2, 0) is 4.74 Å². The Balaban J connectivity index is 1.55. The number of urea groups is 1. The number of rotatable bonds is 2. The summed E-state index contributed by atoms with van der Waals surface area (Å²) in [6.07, 6.45) is 5.53. The highest BCUT2D eigenvalue weighted by Crippen LogP contribution is 2.15. The van der Waals surface area contributed by atoms with Crippen LogP contribution in [0.3, 0.4) is 0 Å². The molecule has 1 aromatic rings. The van der Waals surface area contributed by atoms with E-state index in [1.807, 2.05) is 11.0 Å². The van der Waals surface area contributed by atoms with Crippen LogP contribution >= 0.6 is 0 Å². The maximum atomic E-state index is 12.2. The van der Waals surface area contributed by atoms with Gasteiger partial charge in [-0.05, 0) is 18.9 Å². The van der Waals surface area contributed by atoms with E-state index in [2.05, 4.69) is 20.2 Å². The molecule has 114 valence electrons. The number of nitrogens with zero attached hydrogens (tertiary/aromatic N) is 4. The van der Waals surface area contributed by atoms with Gasteiger partial charge in [0.15, 0.2) is 0 Å². The molecule has 1 aromatic heterocycles. The summed E-state index contributed by atoms with van der Waals surface area (Å²) in [5.41, 5.74) is 0. The molecule has 0 saturated carbocycles. The molecule has 2 fully saturated rings. The van der Waals surface area contributed by atoms with Crippen LogP contribution in [0.25, 0.3) is 0 Å². The van der Waals surface area contributed by atoms with E-state index < -0.39 is 0 Å². The SMILES string of the molecule is O=C(N[C@@H]1CCCN(c2ncccn2)C1)N1CCOCC1. The second kappa shape index (κ2) is 6.71. The fraction of sp³-hybridized carbons (Fsp3) is 0.643. The molecule has 1 atom stereocenters. The smallest absolute Gasteiger partial charge is 0.317 e. The number of hydrogen-bond donors (Lipinski definition) is 1. The standard InChI is InChI=1S/C14H21N5O2/c20-14(18-7-9-21-10-8-18)17-12-3-1-6-19(11-12)13-15-4-2-5-16-13/h2,4-5,12H,1,3,6-11H2,(H,17,20)/t12-/m1/s1. The zero-order chi connectivity index (χ0) is 14.5. The van der Waals surface area contributed by atoms with Gasteiger partial charge in [-0.3, -0.25) is 0 Å². The maximum Gasteiger partial charge on any atom is 0.317 e. The molecule has 2 aliphatic rings. The first kappa shape index (κ1) is 14.1. The van der Waals surface area contributed by atoms with Crippen LogP contribution in [0.4, 0.5) is 10.7 Å². The maximum absolute atomic E-state index is 12.2. The van der Waals surface area contributed by atoms with Crippen molar-refractivity contribution in [1.82, 2.24) is 20.2 Å². The van der Waals surface area contributed by atoms with Crippen molar-refractivity contribution < 1.29 is 9.53 Å². The van der Waals surface area contributed by atoms with Gasteiger partial charge in [-0.2, -0.15) is 0 Å². The van der Waals surface area contributed by atoms with Crippen LogP contribution in [0.2, 0.25) is 0 Å². The Morgan fingerprint density at radius 2 is 2.00 bits per heavy atom. The third kappa shape index (κ3) is 3.60. The van der Waals surface area contributed by atoms with Crippen LogP contribution in [0.15, 0.2) is 18.5 Å². The van der Waals surface area contributed by atoms with Gasteiger partial charge in [-0.1, -0.05) is 0 Å². The fourth-order valence-corrected chi connectivity index (χ4v) is 2.76. The summed E-state index contributed by atoms with van der Waals surface area (Å²) in [7, 11) is 0. The van der Waals surface area contributed by atoms with E-state index in [1.165, 1.54) is 0 Å². The number of hydrogen-bond acceptors (Lipinski definition) is 5. The lowest BCUT2D eigenvalue weighted by Gasteiger charge is -2.35. The van der Waals surface area contributed by atoms with Crippen molar-refractivity contribution in [1.29, 1.82) is 0 Å². The Morgan fingerprint density at radius 3 is 2.76 bits per heavy atom. The zero-order valence-corrected chi connectivity index (χ0v) is 12.1. The molecule has 7 heteroatoms. The van der Waals surface area contributed by atoms with Gasteiger partial charge in [0, 0.05) is 44.6 Å². The number of nitrogens with one attached hydrogen (secondary N) is 1. The van der Waals surface area contributed by atoms with Gasteiger partial charge in [0.2, 0.25) is 5.95 Å². The van der Waals surface area contributed by atoms with Gasteiger partial charge in [-0.15, -0.1) is 0 Å². The Kier molecular flexibility index (Phi) is 4.49. The average molecular weight is 291 g/mol. The summed E-state index contributed by atoms with van der Waals surface area (Å²) in [4.78, 5) is 24.7. The number of carbonyl (C=O) groups excluding carboxylic acids is 1. The largest absolute Gasteiger partial charge is 0.378 e. The topological polar surface area (TPSA) is 70.6 Å². The van der Waals surface area contributed by atoms with E-state index >= 15 is 0 Å². The average Bonchev–Trinajstić information content (AvgIpc) is 2.57. The first-order chi connectivity index (χ1) is 10.3. The van der Waals surface area contributed by atoms with Gasteiger partial charge >= 0.3 is 6.03 Å². The molecule has 2 aliphatic heterocycles. The lowest BCUT2D eigenvalue weighted by molar-refractivity contribution is 0.0523. The minimum Gasteiger partial charge on any atom is -0.378 e. The van der Waals surface area contributed by atoms with E-state index in [-0.39, 0.29) is 12.1 Å². The number of morpholine rings is 1. The van der Waals surface area contributed by atoms with Gasteiger partial charge in [0.25, 0.3) is 0 Å². The van der Waals surface area contributed by atoms with Crippen molar-refractivity contribution in [3.63, 3.8) is 0 Å². The molecule has 0 bridgehead atoms. The van der Waals surface area contributed by atoms with E-state index in [0.717, 1.165) is 31.9 Å². The second-order valence-corrected chi connectivity index (χ2v) is 5.38. The summed E-state index contributed by atoms with van der Waals surface area (Å²) < 4.78 is 5.27. The Morgan fingerprint density at radius 1 is 1.24 bits per heavy atom. The fourth-order valence-electron chi connectivity index (χ4n) is 2.76. The molecule has 2 amide bonds. The van der Waals surface area contributed by atoms with Crippen LogP contribution in [0, 0.1) is 0 Å². The molecular formula is C14H21N5O2. The van der Waals surface area contributed by atoms with E-state index in [0.29, 0.717) is 26.3 Å². The zero-order valence-electron chi connectivity index (χ0n) is 12.1. The number of carbonyl (C=O) groups is 1. The lowest BCUT2D eigenvalue weighted by atomic mass is 10.1. The molecule has 1 N–H and O–H groups in total. The molecule has 3 rings (SSSR count). The van der Waals surface area contributed by atoms with Crippen molar-refractivity contribution in [2.24, 2.45) is 0 Å². The van der Waals surface area contributed by atoms with Crippen molar-refractivity contribution in [2.75, 3.05) is 44.3 Å². The highest BCUT2D eigenvalue weighted by molar-refractivity contribution is 5.74. The molecule has 2 saturated heterocycles. The number of ether oxygens (including phenoxy) is 1. The molecule has 0 unspecified atom stereocenters. The normalized spacial score (nSPS) is 23.0. The van der Waals surface area contributed by atoms with Crippen LogP contribution in [-0.4, -0.2) is 66.3 Å². The molecule has 0 radical (unpaired) electrons. The first-order valence-corrected chi connectivity index (χ1v) is 7.48. The molecule has 3 heterocycles. The quantitative estimate of drug-likeness (QED) is 0.858. The molecule has 7 nitrogen and oxygen atoms in total. The molecular weight excluding hydrogens is 270 g/mol. The summed E-state index contributed by atoms with van der Waals surface area (Å²) in [5.74, 6) is 0.739. The van der Waals surface area contributed by atoms with Gasteiger partial charge < -0.3 is 19.9 Å². The Hall–Kier alpha value is -1.89. The van der Waals surface area contributed by atoms with Gasteiger partial charge in [-0.25, -0.2) is 14.8 Å². The van der Waals surface area contributed by atoms with E-state index in [1.54, 1.807) is 12.4 Å². The van der Waals surface area contributed by atoms with Crippen molar-refractivity contribution >= 4 is 12.0 Å². The minimum atomic E-state index is 0.0131. The highest BCUT2D eigenvalue weighted by atomic mass is 16.5. The third-order valence-electron chi connectivity index (χ3n) is 3.88. The summed E-state index contributed by atoms with van der Waals surface area (Å²) in [6, 6.07) is 1.97. The molecule has 0 spiro atoms. The second-order valence-electron chi connectivity index (χ2n) is 5.38. The van der Waals surface area contributed by atoms with E-state index in [9.17, 15) is 4.79 Å². The third-order valence-corrected chi connectivity index (χ3v) is 3.88. The predicted octanol–water partition coefficient (Wildman–Crippen LogP) is 0.487. The summed E-state index contributed by atoms with van der Waals surface area (Å²) in [6.45, 7) is 4.30. The summed E-state index contributed by atoms with van der Waals surface area (Å²) in [5, 5.41) is 3.12. The predicted molar refractivity (Wildman–Crippen MR) is 78.2 cm³/mol. The lowest BCUT2D eigenvalue weighted by Crippen LogP contribution is -2.53. The van der Waals surface area contributed by atoms with Crippen LogP contribution < -0.4 is 10.2 Å². The highest BCUT2D eigenvalue weighted by Gasteiger charge is 2.25. The molecule has 0 aromatic carbocycles. The van der Waals surface area contributed by atoms with Gasteiger partial charge in [0.1, 0.15) is 0 Å². The minimum absolute atomic E-state index is 0.0131. The number of aromatic nitrogens is 2. The summed E-state index contributed by atoms with van der Waals surface area (Å²) >= 11 is 0. The van der Waals surface area contributed by atoms with Crippen molar-refractivity contribution in [2.45, 2.75) is 18.9 Å². The van der Waals surface area contributed by atoms with Crippen LogP contribution in [0.5, 0.6) is 0 Å². The number of anilines is 1. The van der Waals surface area contributed by atoms with Gasteiger partial charge in [0.05, 0.1) is 13.2 Å². The molecule has 21 heavy (non-hydrogen) atoms. The monoisotopic (exact) mass is 291 g/mol.